The highest BCUT2D eigenvalue weighted by atomic mass is 16.5. The van der Waals surface area contributed by atoms with Crippen LogP contribution in [-0.2, 0) is 23.1 Å². The predicted octanol–water partition coefficient (Wildman–Crippen LogP) is -0.486. The van der Waals surface area contributed by atoms with E-state index in [1.165, 1.54) is 18.7 Å². The molecule has 0 saturated heterocycles. The van der Waals surface area contributed by atoms with Gasteiger partial charge in [0.2, 0.25) is 0 Å². The molecule has 8 heteroatoms. The average Bonchev–Trinajstić information content (AvgIpc) is 2.44. The van der Waals surface area contributed by atoms with Crippen molar-refractivity contribution in [2.75, 3.05) is 24.7 Å². The summed E-state index contributed by atoms with van der Waals surface area (Å²) in [5, 5.41) is 2.79. The number of rotatable bonds is 6. The van der Waals surface area contributed by atoms with E-state index in [1.807, 2.05) is 6.92 Å². The largest absolute Gasteiger partial charge is 0.469 e. The minimum absolute atomic E-state index is 0.0878. The number of carbonyl (C=O) groups excluding carboxylic acids is 1. The van der Waals surface area contributed by atoms with Crippen LogP contribution in [0.15, 0.2) is 9.59 Å². The van der Waals surface area contributed by atoms with E-state index in [2.05, 4.69) is 10.1 Å². The second-order valence-corrected chi connectivity index (χ2v) is 4.31. The molecule has 0 aliphatic carbocycles. The molecule has 0 fully saturated rings. The first-order valence-electron chi connectivity index (χ1n) is 6.34. The quantitative estimate of drug-likeness (QED) is 0.683. The van der Waals surface area contributed by atoms with Gasteiger partial charge in [0.1, 0.15) is 11.5 Å². The van der Waals surface area contributed by atoms with Crippen molar-refractivity contribution in [2.45, 2.75) is 26.3 Å². The second-order valence-electron chi connectivity index (χ2n) is 4.31. The first-order chi connectivity index (χ1) is 9.43. The Morgan fingerprint density at radius 1 is 1.40 bits per heavy atom. The van der Waals surface area contributed by atoms with Crippen LogP contribution >= 0.6 is 0 Å². The summed E-state index contributed by atoms with van der Waals surface area (Å²) in [6.45, 7) is 2.53. The number of nitrogens with zero attached hydrogens (tertiary/aromatic N) is 2. The summed E-state index contributed by atoms with van der Waals surface area (Å²) in [6.07, 6.45) is 0.815. The molecule has 0 amide bonds. The van der Waals surface area contributed by atoms with Crippen LogP contribution in [0.2, 0.25) is 0 Å². The van der Waals surface area contributed by atoms with Crippen LogP contribution in [0.3, 0.4) is 0 Å². The van der Waals surface area contributed by atoms with Crippen molar-refractivity contribution in [3.05, 3.63) is 20.8 Å². The van der Waals surface area contributed by atoms with E-state index in [1.54, 1.807) is 0 Å². The minimum atomic E-state index is -0.510. The number of nitrogen functional groups attached to an aromatic ring is 1. The lowest BCUT2D eigenvalue weighted by molar-refractivity contribution is -0.140. The summed E-state index contributed by atoms with van der Waals surface area (Å²) in [5.74, 6) is -0.306. The van der Waals surface area contributed by atoms with Crippen molar-refractivity contribution in [3.8, 4) is 0 Å². The Labute approximate surface area is 116 Å². The molecule has 0 saturated carbocycles. The van der Waals surface area contributed by atoms with E-state index < -0.39 is 17.2 Å². The lowest BCUT2D eigenvalue weighted by Crippen LogP contribution is -2.41. The van der Waals surface area contributed by atoms with Crippen LogP contribution in [-0.4, -0.2) is 28.8 Å². The molecule has 0 atom stereocenters. The highest BCUT2D eigenvalue weighted by molar-refractivity contribution is 5.70. The van der Waals surface area contributed by atoms with Gasteiger partial charge in [0.25, 0.3) is 5.56 Å². The third-order valence-corrected chi connectivity index (χ3v) is 2.89. The fourth-order valence-electron chi connectivity index (χ4n) is 1.78. The van der Waals surface area contributed by atoms with Crippen molar-refractivity contribution >= 4 is 17.5 Å². The van der Waals surface area contributed by atoms with Gasteiger partial charge in [0.15, 0.2) is 0 Å². The van der Waals surface area contributed by atoms with E-state index in [-0.39, 0.29) is 24.5 Å². The van der Waals surface area contributed by atoms with Crippen molar-refractivity contribution in [3.63, 3.8) is 0 Å². The lowest BCUT2D eigenvalue weighted by atomic mass is 10.3. The molecular weight excluding hydrogens is 264 g/mol. The molecule has 0 aromatic carbocycles. The van der Waals surface area contributed by atoms with Gasteiger partial charge in [-0.3, -0.25) is 18.7 Å². The van der Waals surface area contributed by atoms with Gasteiger partial charge in [-0.1, -0.05) is 6.92 Å². The fourth-order valence-corrected chi connectivity index (χ4v) is 1.78. The van der Waals surface area contributed by atoms with Crippen molar-refractivity contribution in [1.82, 2.24) is 9.13 Å². The molecule has 0 radical (unpaired) electrons. The Hall–Kier alpha value is -2.25. The number of hydrogen-bond acceptors (Lipinski definition) is 6. The van der Waals surface area contributed by atoms with Crippen molar-refractivity contribution in [2.24, 2.45) is 7.05 Å². The molecule has 20 heavy (non-hydrogen) atoms. The van der Waals surface area contributed by atoms with Crippen LogP contribution in [0.1, 0.15) is 19.8 Å². The molecule has 8 nitrogen and oxygen atoms in total. The number of nitrogens with two attached hydrogens (primary N) is 1. The number of carbonyl (C=O) groups is 1. The van der Waals surface area contributed by atoms with Gasteiger partial charge in [0.05, 0.1) is 13.5 Å². The van der Waals surface area contributed by atoms with E-state index in [0.717, 1.165) is 4.57 Å². The zero-order valence-electron chi connectivity index (χ0n) is 11.9. The molecule has 1 aromatic heterocycles. The monoisotopic (exact) mass is 284 g/mol. The lowest BCUT2D eigenvalue weighted by Gasteiger charge is -2.15. The Morgan fingerprint density at radius 2 is 2.05 bits per heavy atom. The smallest absolute Gasteiger partial charge is 0.332 e. The molecular formula is C12H20N4O4. The van der Waals surface area contributed by atoms with Gasteiger partial charge in [-0.25, -0.2) is 4.79 Å². The maximum Gasteiger partial charge on any atom is 0.332 e. The highest BCUT2D eigenvalue weighted by Crippen LogP contribution is 2.11. The Bertz CT molecular complexity index is 603. The standard InChI is InChI=1S/C12H20N4O4/c1-4-7-16-10(13)9(11(18)15(2)12(16)19)14-6-5-8(17)20-3/h14H,4-7,13H2,1-3H3. The summed E-state index contributed by atoms with van der Waals surface area (Å²) in [6, 6.07) is 0. The molecule has 1 aromatic rings. The normalized spacial score (nSPS) is 10.3. The molecule has 1 heterocycles. The zero-order valence-corrected chi connectivity index (χ0v) is 11.9. The molecule has 0 spiro atoms. The van der Waals surface area contributed by atoms with Crippen LogP contribution in [0.5, 0.6) is 0 Å². The van der Waals surface area contributed by atoms with E-state index in [9.17, 15) is 14.4 Å². The van der Waals surface area contributed by atoms with Crippen LogP contribution in [0.25, 0.3) is 0 Å². The third kappa shape index (κ3) is 3.19. The Kier molecular flexibility index (Phi) is 5.36. The topological polar surface area (TPSA) is 108 Å². The van der Waals surface area contributed by atoms with Crippen LogP contribution in [0.4, 0.5) is 11.5 Å². The molecule has 0 unspecified atom stereocenters. The first-order valence-corrected chi connectivity index (χ1v) is 6.34. The van der Waals surface area contributed by atoms with Gasteiger partial charge in [-0.2, -0.15) is 0 Å². The summed E-state index contributed by atoms with van der Waals surface area (Å²) >= 11 is 0. The summed E-state index contributed by atoms with van der Waals surface area (Å²) in [7, 11) is 2.68. The van der Waals surface area contributed by atoms with E-state index in [0.29, 0.717) is 13.0 Å². The van der Waals surface area contributed by atoms with Crippen molar-refractivity contribution < 1.29 is 9.53 Å². The Balaban J connectivity index is 3.10. The maximum atomic E-state index is 12.0. The summed E-state index contributed by atoms with van der Waals surface area (Å²) in [5.41, 5.74) is 5.03. The predicted molar refractivity (Wildman–Crippen MR) is 75.8 cm³/mol. The van der Waals surface area contributed by atoms with Crippen LogP contribution < -0.4 is 22.3 Å². The van der Waals surface area contributed by atoms with Gasteiger partial charge < -0.3 is 15.8 Å². The van der Waals surface area contributed by atoms with Gasteiger partial charge in [0, 0.05) is 20.1 Å². The van der Waals surface area contributed by atoms with Crippen LogP contribution in [0, 0.1) is 0 Å². The third-order valence-electron chi connectivity index (χ3n) is 2.89. The number of hydrogen-bond donors (Lipinski definition) is 2. The SMILES string of the molecule is CCCn1c(N)c(NCCC(=O)OC)c(=O)n(C)c1=O. The van der Waals surface area contributed by atoms with Crippen molar-refractivity contribution in [1.29, 1.82) is 0 Å². The fraction of sp³-hybridized carbons (Fsp3) is 0.583. The first kappa shape index (κ1) is 15.8. The number of nitrogens with one attached hydrogen (secondary N) is 1. The number of anilines is 2. The minimum Gasteiger partial charge on any atom is -0.469 e. The number of esters is 1. The van der Waals surface area contributed by atoms with Gasteiger partial charge >= 0.3 is 11.7 Å². The number of methoxy groups -OCH3 is 1. The van der Waals surface area contributed by atoms with E-state index >= 15 is 0 Å². The molecule has 1 rings (SSSR count). The molecule has 112 valence electrons. The second kappa shape index (κ2) is 6.78. The Morgan fingerprint density at radius 3 is 2.60 bits per heavy atom. The number of ether oxygens (including phenoxy) is 1. The number of aromatic nitrogens is 2. The summed E-state index contributed by atoms with van der Waals surface area (Å²) < 4.78 is 6.83. The molecule has 0 bridgehead atoms. The summed E-state index contributed by atoms with van der Waals surface area (Å²) in [4.78, 5) is 35.0. The van der Waals surface area contributed by atoms with E-state index in [4.69, 9.17) is 5.73 Å². The maximum absolute atomic E-state index is 12.0. The van der Waals surface area contributed by atoms with Gasteiger partial charge in [-0.05, 0) is 6.42 Å². The zero-order chi connectivity index (χ0) is 15.3. The molecule has 0 aliphatic rings. The highest BCUT2D eigenvalue weighted by Gasteiger charge is 2.14. The van der Waals surface area contributed by atoms with Gasteiger partial charge in [-0.15, -0.1) is 0 Å². The molecule has 0 aliphatic heterocycles. The average molecular weight is 284 g/mol. The molecule has 3 N–H and O–H groups in total.